The first-order chi connectivity index (χ1) is 11.4. The molecule has 0 amide bonds. The van der Waals surface area contributed by atoms with Crippen LogP contribution < -0.4 is 5.32 Å². The molecule has 6 heteroatoms. The van der Waals surface area contributed by atoms with Crippen LogP contribution in [0.4, 0.5) is 5.82 Å². The molecule has 23 heavy (non-hydrogen) atoms. The summed E-state index contributed by atoms with van der Waals surface area (Å²) >= 11 is 0. The van der Waals surface area contributed by atoms with Gasteiger partial charge in [-0.1, -0.05) is 0 Å². The second-order valence-corrected chi connectivity index (χ2v) is 5.72. The molecule has 4 rings (SSSR count). The first kappa shape index (κ1) is 14.1. The van der Waals surface area contributed by atoms with E-state index in [-0.39, 0.29) is 0 Å². The molecule has 6 nitrogen and oxygen atoms in total. The maximum Gasteiger partial charge on any atom is 0.140 e. The number of aromatic nitrogens is 4. The zero-order valence-corrected chi connectivity index (χ0v) is 13.1. The van der Waals surface area contributed by atoms with Crippen LogP contribution in [0.15, 0.2) is 24.7 Å². The third-order valence-electron chi connectivity index (χ3n) is 4.27. The predicted octanol–water partition coefficient (Wildman–Crippen LogP) is 2.57. The number of methoxy groups -OCH3 is 1. The lowest BCUT2D eigenvalue weighted by atomic mass is 10.0. The molecular formula is C17H19N5O. The summed E-state index contributed by atoms with van der Waals surface area (Å²) in [5.74, 6) is 0.831. The highest BCUT2D eigenvalue weighted by molar-refractivity contribution is 5.94. The summed E-state index contributed by atoms with van der Waals surface area (Å²) in [6.07, 6.45) is 6.84. The average molecular weight is 309 g/mol. The fourth-order valence-corrected chi connectivity index (χ4v) is 3.20. The molecule has 0 saturated carbocycles. The van der Waals surface area contributed by atoms with E-state index in [0.29, 0.717) is 6.61 Å². The van der Waals surface area contributed by atoms with E-state index >= 15 is 0 Å². The molecule has 1 aliphatic carbocycles. The summed E-state index contributed by atoms with van der Waals surface area (Å²) in [6, 6.07) is 4.13. The first-order valence-corrected chi connectivity index (χ1v) is 7.91. The van der Waals surface area contributed by atoms with Crippen molar-refractivity contribution in [3.63, 3.8) is 0 Å². The van der Waals surface area contributed by atoms with Crippen molar-refractivity contribution in [2.24, 2.45) is 0 Å². The Morgan fingerprint density at radius 1 is 1.30 bits per heavy atom. The Labute approximate surface area is 134 Å². The molecule has 3 heterocycles. The molecule has 2 N–H and O–H groups in total. The number of ether oxygens (including phenoxy) is 1. The minimum absolute atomic E-state index is 0.642. The van der Waals surface area contributed by atoms with Gasteiger partial charge in [0.2, 0.25) is 0 Å². The van der Waals surface area contributed by atoms with Gasteiger partial charge in [0, 0.05) is 42.1 Å². The van der Waals surface area contributed by atoms with Crippen molar-refractivity contribution in [1.82, 2.24) is 19.9 Å². The fourth-order valence-electron chi connectivity index (χ4n) is 3.20. The van der Waals surface area contributed by atoms with Gasteiger partial charge in [-0.2, -0.15) is 0 Å². The van der Waals surface area contributed by atoms with Gasteiger partial charge in [-0.15, -0.1) is 0 Å². The van der Waals surface area contributed by atoms with Crippen LogP contribution in [0.25, 0.3) is 22.3 Å². The van der Waals surface area contributed by atoms with Crippen molar-refractivity contribution in [2.45, 2.75) is 19.3 Å². The first-order valence-electron chi connectivity index (χ1n) is 7.91. The standard InChI is InChI=1S/C17H19N5O/c1-23-8-7-18-15-9-13(11-5-6-19-17(11)22-15)16-12-3-2-4-14(12)20-10-21-16/h5-6,9-10H,2-4,7-8H2,1H3,(H2,18,19,22). The minimum atomic E-state index is 0.642. The number of H-pyrrole nitrogens is 1. The second-order valence-electron chi connectivity index (χ2n) is 5.72. The van der Waals surface area contributed by atoms with Gasteiger partial charge < -0.3 is 15.0 Å². The molecule has 0 atom stereocenters. The number of hydrogen-bond acceptors (Lipinski definition) is 5. The number of anilines is 1. The lowest BCUT2D eigenvalue weighted by Crippen LogP contribution is -2.09. The molecule has 0 fully saturated rings. The van der Waals surface area contributed by atoms with Gasteiger partial charge in [-0.3, -0.25) is 0 Å². The molecule has 0 aromatic carbocycles. The van der Waals surface area contributed by atoms with Crippen LogP contribution in [0, 0.1) is 0 Å². The van der Waals surface area contributed by atoms with Crippen LogP contribution in [-0.2, 0) is 17.6 Å². The van der Waals surface area contributed by atoms with Crippen molar-refractivity contribution in [2.75, 3.05) is 25.6 Å². The van der Waals surface area contributed by atoms with Crippen LogP contribution in [0.1, 0.15) is 17.7 Å². The maximum absolute atomic E-state index is 5.09. The van der Waals surface area contributed by atoms with Gasteiger partial charge in [0.1, 0.15) is 17.8 Å². The Morgan fingerprint density at radius 3 is 3.17 bits per heavy atom. The van der Waals surface area contributed by atoms with Crippen LogP contribution in [0.5, 0.6) is 0 Å². The number of aromatic amines is 1. The molecule has 0 bridgehead atoms. The van der Waals surface area contributed by atoms with E-state index in [4.69, 9.17) is 4.74 Å². The van der Waals surface area contributed by atoms with Gasteiger partial charge >= 0.3 is 0 Å². The summed E-state index contributed by atoms with van der Waals surface area (Å²) in [5.41, 5.74) is 5.48. The average Bonchev–Trinajstić information content (AvgIpc) is 3.22. The molecule has 118 valence electrons. The van der Waals surface area contributed by atoms with Gasteiger partial charge in [-0.05, 0) is 31.4 Å². The minimum Gasteiger partial charge on any atom is -0.383 e. The van der Waals surface area contributed by atoms with Gasteiger partial charge in [0.05, 0.1) is 12.3 Å². The molecule has 0 radical (unpaired) electrons. The van der Waals surface area contributed by atoms with E-state index in [1.54, 1.807) is 13.4 Å². The smallest absolute Gasteiger partial charge is 0.140 e. The molecule has 3 aromatic rings. The van der Waals surface area contributed by atoms with Crippen molar-refractivity contribution in [3.8, 4) is 11.3 Å². The molecule has 0 saturated heterocycles. The van der Waals surface area contributed by atoms with E-state index in [1.807, 2.05) is 6.20 Å². The topological polar surface area (TPSA) is 75.7 Å². The highest BCUT2D eigenvalue weighted by Crippen LogP contribution is 2.34. The summed E-state index contributed by atoms with van der Waals surface area (Å²) < 4.78 is 5.09. The lowest BCUT2D eigenvalue weighted by Gasteiger charge is -2.11. The maximum atomic E-state index is 5.09. The number of hydrogen-bond donors (Lipinski definition) is 2. The Bertz CT molecular complexity index is 842. The monoisotopic (exact) mass is 309 g/mol. The van der Waals surface area contributed by atoms with Crippen LogP contribution >= 0.6 is 0 Å². The lowest BCUT2D eigenvalue weighted by molar-refractivity contribution is 0.210. The Hall–Kier alpha value is -2.47. The Balaban J connectivity index is 1.82. The molecule has 0 spiro atoms. The van der Waals surface area contributed by atoms with Crippen LogP contribution in [0.2, 0.25) is 0 Å². The molecule has 1 aliphatic rings. The number of pyridine rings is 1. The quantitative estimate of drug-likeness (QED) is 0.708. The van der Waals surface area contributed by atoms with Gasteiger partial charge in [0.25, 0.3) is 0 Å². The normalized spacial score (nSPS) is 13.4. The summed E-state index contributed by atoms with van der Waals surface area (Å²) in [4.78, 5) is 16.8. The zero-order chi connectivity index (χ0) is 15.6. The number of fused-ring (bicyclic) bond motifs is 2. The summed E-state index contributed by atoms with van der Waals surface area (Å²) in [7, 11) is 1.69. The highest BCUT2D eigenvalue weighted by Gasteiger charge is 2.20. The fraction of sp³-hybridized carbons (Fsp3) is 0.353. The van der Waals surface area contributed by atoms with Crippen molar-refractivity contribution in [1.29, 1.82) is 0 Å². The Kier molecular flexibility index (Phi) is 3.67. The van der Waals surface area contributed by atoms with Crippen molar-refractivity contribution < 1.29 is 4.74 Å². The molecule has 0 aliphatic heterocycles. The molecule has 0 unspecified atom stereocenters. The Morgan fingerprint density at radius 2 is 2.26 bits per heavy atom. The predicted molar refractivity (Wildman–Crippen MR) is 89.5 cm³/mol. The number of rotatable bonds is 5. The third-order valence-corrected chi connectivity index (χ3v) is 4.27. The van der Waals surface area contributed by atoms with Crippen LogP contribution in [0.3, 0.4) is 0 Å². The van der Waals surface area contributed by atoms with Crippen molar-refractivity contribution in [3.05, 3.63) is 35.9 Å². The number of nitrogens with one attached hydrogen (secondary N) is 2. The van der Waals surface area contributed by atoms with Gasteiger partial charge in [0.15, 0.2) is 0 Å². The zero-order valence-electron chi connectivity index (χ0n) is 13.1. The number of aryl methyl sites for hydroxylation is 1. The van der Waals surface area contributed by atoms with Crippen LogP contribution in [-0.4, -0.2) is 40.2 Å². The summed E-state index contributed by atoms with van der Waals surface area (Å²) in [5, 5.41) is 4.40. The third kappa shape index (κ3) is 2.55. The SMILES string of the molecule is COCCNc1cc(-c2ncnc3c2CCC3)c2cc[nH]c2n1. The molecular weight excluding hydrogens is 290 g/mol. The van der Waals surface area contributed by atoms with E-state index in [0.717, 1.165) is 53.9 Å². The summed E-state index contributed by atoms with van der Waals surface area (Å²) in [6.45, 7) is 1.36. The number of nitrogens with zero attached hydrogens (tertiary/aromatic N) is 3. The largest absolute Gasteiger partial charge is 0.383 e. The molecule has 3 aromatic heterocycles. The van der Waals surface area contributed by atoms with E-state index in [2.05, 4.69) is 37.4 Å². The van der Waals surface area contributed by atoms with E-state index in [9.17, 15) is 0 Å². The highest BCUT2D eigenvalue weighted by atomic mass is 16.5. The second kappa shape index (κ2) is 5.96. The van der Waals surface area contributed by atoms with E-state index in [1.165, 1.54) is 11.3 Å². The van der Waals surface area contributed by atoms with Crippen molar-refractivity contribution >= 4 is 16.9 Å². The van der Waals surface area contributed by atoms with E-state index < -0.39 is 0 Å². The van der Waals surface area contributed by atoms with Gasteiger partial charge in [-0.25, -0.2) is 15.0 Å².